The number of amidine groups is 1. The molecule has 32 heavy (non-hydrogen) atoms. The summed E-state index contributed by atoms with van der Waals surface area (Å²) in [4.78, 5) is 9.69. The van der Waals surface area contributed by atoms with Crippen molar-refractivity contribution < 1.29 is 13.5 Å². The molecule has 1 aliphatic rings. The summed E-state index contributed by atoms with van der Waals surface area (Å²) in [6, 6.07) is 14.3. The molecule has 2 aromatic rings. The number of benzene rings is 2. The number of thioether (sulfide) groups is 1. The fourth-order valence-electron chi connectivity index (χ4n) is 3.94. The molecular formula is C25H33F2N3OS. The summed E-state index contributed by atoms with van der Waals surface area (Å²) in [5.74, 6) is -1.33. The zero-order chi connectivity index (χ0) is 22.8. The Balaban J connectivity index is 1.32. The van der Waals surface area contributed by atoms with Gasteiger partial charge in [0.15, 0.2) is 16.8 Å². The van der Waals surface area contributed by atoms with Gasteiger partial charge in [0.05, 0.1) is 12.3 Å². The Labute approximate surface area is 194 Å². The number of hydrogen-bond acceptors (Lipinski definition) is 4. The van der Waals surface area contributed by atoms with Crippen LogP contribution in [0.15, 0.2) is 53.5 Å². The number of halogens is 2. The summed E-state index contributed by atoms with van der Waals surface area (Å²) in [5.41, 5.74) is 0.995. The predicted octanol–water partition coefficient (Wildman–Crippen LogP) is 5.96. The molecule has 174 valence electrons. The standard InChI is InChI=1S/C25H33F2N3OS/c1-29(25(32-2)28-20-9-5-3-6-10-20)21-13-16-30(17-14-21)15-7-4-8-18-31-22-11-12-23(26)24(27)19-22/h3,5-6,9-12,19,21H,4,7-8,13-18H2,1-2H3. The number of nitrogens with zero attached hydrogens (tertiary/aromatic N) is 3. The molecular weight excluding hydrogens is 428 g/mol. The van der Waals surface area contributed by atoms with Gasteiger partial charge in [-0.1, -0.05) is 30.0 Å². The molecule has 1 aliphatic heterocycles. The van der Waals surface area contributed by atoms with E-state index >= 15 is 0 Å². The fourth-order valence-corrected chi connectivity index (χ4v) is 4.57. The van der Waals surface area contributed by atoms with Crippen molar-refractivity contribution in [3.8, 4) is 5.75 Å². The molecule has 4 nitrogen and oxygen atoms in total. The minimum Gasteiger partial charge on any atom is -0.493 e. The van der Waals surface area contributed by atoms with E-state index in [1.54, 1.807) is 11.8 Å². The van der Waals surface area contributed by atoms with Crippen LogP contribution in [0.1, 0.15) is 32.1 Å². The van der Waals surface area contributed by atoms with E-state index in [1.165, 1.54) is 6.07 Å². The number of ether oxygens (including phenoxy) is 1. The van der Waals surface area contributed by atoms with E-state index in [0.29, 0.717) is 18.4 Å². The van der Waals surface area contributed by atoms with Crippen molar-refractivity contribution in [3.63, 3.8) is 0 Å². The monoisotopic (exact) mass is 461 g/mol. The lowest BCUT2D eigenvalue weighted by atomic mass is 10.0. The highest BCUT2D eigenvalue weighted by molar-refractivity contribution is 8.13. The molecule has 0 atom stereocenters. The van der Waals surface area contributed by atoms with Gasteiger partial charge in [-0.3, -0.25) is 0 Å². The molecule has 2 aromatic carbocycles. The summed E-state index contributed by atoms with van der Waals surface area (Å²) in [6.07, 6.45) is 7.46. The van der Waals surface area contributed by atoms with Crippen LogP contribution in [0.3, 0.4) is 0 Å². The van der Waals surface area contributed by atoms with Gasteiger partial charge in [0.25, 0.3) is 0 Å². The zero-order valence-electron chi connectivity index (χ0n) is 19.0. The molecule has 1 saturated heterocycles. The number of aliphatic imine (C=N–C) groups is 1. The molecule has 0 radical (unpaired) electrons. The highest BCUT2D eigenvalue weighted by atomic mass is 32.2. The summed E-state index contributed by atoms with van der Waals surface area (Å²) in [5, 5.41) is 1.07. The van der Waals surface area contributed by atoms with Crippen LogP contribution in [0.25, 0.3) is 0 Å². The molecule has 1 heterocycles. The fraction of sp³-hybridized carbons (Fsp3) is 0.480. The first kappa shape index (κ1) is 24.5. The third-order valence-electron chi connectivity index (χ3n) is 5.85. The zero-order valence-corrected chi connectivity index (χ0v) is 19.8. The van der Waals surface area contributed by atoms with Crippen molar-refractivity contribution in [2.24, 2.45) is 4.99 Å². The van der Waals surface area contributed by atoms with Crippen LogP contribution >= 0.6 is 11.8 Å². The maximum absolute atomic E-state index is 13.2. The largest absolute Gasteiger partial charge is 0.493 e. The van der Waals surface area contributed by atoms with Crippen LogP contribution in [0.5, 0.6) is 5.75 Å². The molecule has 0 aromatic heterocycles. The Kier molecular flexibility index (Phi) is 9.81. The second-order valence-corrected chi connectivity index (χ2v) is 8.88. The Morgan fingerprint density at radius 1 is 1.06 bits per heavy atom. The molecule has 0 saturated carbocycles. The number of piperidine rings is 1. The predicted molar refractivity (Wildman–Crippen MR) is 130 cm³/mol. The smallest absolute Gasteiger partial charge is 0.164 e. The van der Waals surface area contributed by atoms with Gasteiger partial charge in [-0.05, 0) is 69.2 Å². The second kappa shape index (κ2) is 12.8. The van der Waals surface area contributed by atoms with Crippen LogP contribution in [0.2, 0.25) is 0 Å². The topological polar surface area (TPSA) is 28.1 Å². The van der Waals surface area contributed by atoms with E-state index in [1.807, 2.05) is 30.3 Å². The maximum atomic E-state index is 13.2. The van der Waals surface area contributed by atoms with Crippen LogP contribution in [-0.4, -0.2) is 60.6 Å². The van der Waals surface area contributed by atoms with Crippen molar-refractivity contribution in [1.82, 2.24) is 9.80 Å². The highest BCUT2D eigenvalue weighted by Gasteiger charge is 2.24. The molecule has 0 N–H and O–H groups in total. The van der Waals surface area contributed by atoms with Gasteiger partial charge < -0.3 is 14.5 Å². The van der Waals surface area contributed by atoms with Crippen molar-refractivity contribution >= 4 is 22.6 Å². The Morgan fingerprint density at radius 2 is 1.81 bits per heavy atom. The van der Waals surface area contributed by atoms with Crippen molar-refractivity contribution in [3.05, 3.63) is 60.2 Å². The lowest BCUT2D eigenvalue weighted by molar-refractivity contribution is 0.163. The third kappa shape index (κ3) is 7.48. The normalized spacial score (nSPS) is 15.7. The molecule has 0 amide bonds. The molecule has 0 unspecified atom stereocenters. The number of para-hydroxylation sites is 1. The lowest BCUT2D eigenvalue weighted by Gasteiger charge is -2.37. The molecule has 0 bridgehead atoms. The summed E-state index contributed by atoms with van der Waals surface area (Å²) in [6.45, 7) is 3.83. The molecule has 1 fully saturated rings. The molecule has 0 aliphatic carbocycles. The van der Waals surface area contributed by atoms with E-state index in [4.69, 9.17) is 9.73 Å². The highest BCUT2D eigenvalue weighted by Crippen LogP contribution is 2.22. The van der Waals surface area contributed by atoms with Gasteiger partial charge in [-0.2, -0.15) is 0 Å². The Hall–Kier alpha value is -2.12. The summed E-state index contributed by atoms with van der Waals surface area (Å²) >= 11 is 1.70. The Morgan fingerprint density at radius 3 is 2.50 bits per heavy atom. The molecule has 3 rings (SSSR count). The number of hydrogen-bond donors (Lipinski definition) is 0. The minimum atomic E-state index is -0.868. The number of likely N-dealkylation sites (tertiary alicyclic amines) is 1. The Bertz CT molecular complexity index is 858. The van der Waals surface area contributed by atoms with Crippen LogP contribution in [-0.2, 0) is 0 Å². The van der Waals surface area contributed by atoms with Gasteiger partial charge in [0.2, 0.25) is 0 Å². The summed E-state index contributed by atoms with van der Waals surface area (Å²) < 4.78 is 31.6. The average Bonchev–Trinajstić information content (AvgIpc) is 2.82. The third-order valence-corrected chi connectivity index (χ3v) is 6.59. The molecule has 7 heteroatoms. The van der Waals surface area contributed by atoms with Gasteiger partial charge in [-0.15, -0.1) is 0 Å². The van der Waals surface area contributed by atoms with Gasteiger partial charge in [0.1, 0.15) is 5.75 Å². The quantitative estimate of drug-likeness (QED) is 0.262. The van der Waals surface area contributed by atoms with E-state index in [2.05, 4.69) is 23.1 Å². The lowest BCUT2D eigenvalue weighted by Crippen LogP contribution is -2.45. The SMILES string of the molecule is CSC(=Nc1ccccc1)N(C)C1CCN(CCCCCOc2ccc(F)c(F)c2)CC1. The average molecular weight is 462 g/mol. The van der Waals surface area contributed by atoms with E-state index < -0.39 is 11.6 Å². The van der Waals surface area contributed by atoms with Gasteiger partial charge >= 0.3 is 0 Å². The minimum absolute atomic E-state index is 0.385. The maximum Gasteiger partial charge on any atom is 0.164 e. The van der Waals surface area contributed by atoms with E-state index in [0.717, 1.165) is 74.7 Å². The van der Waals surface area contributed by atoms with Crippen molar-refractivity contribution in [1.29, 1.82) is 0 Å². The first-order valence-corrected chi connectivity index (χ1v) is 12.5. The van der Waals surface area contributed by atoms with Gasteiger partial charge in [0, 0.05) is 32.2 Å². The van der Waals surface area contributed by atoms with Crippen LogP contribution in [0, 0.1) is 11.6 Å². The van der Waals surface area contributed by atoms with Crippen molar-refractivity contribution in [2.45, 2.75) is 38.1 Å². The van der Waals surface area contributed by atoms with Gasteiger partial charge in [-0.25, -0.2) is 13.8 Å². The first-order chi connectivity index (χ1) is 15.6. The first-order valence-electron chi connectivity index (χ1n) is 11.3. The van der Waals surface area contributed by atoms with Crippen LogP contribution in [0.4, 0.5) is 14.5 Å². The number of rotatable bonds is 9. The summed E-state index contributed by atoms with van der Waals surface area (Å²) in [7, 11) is 2.16. The molecule has 0 spiro atoms. The number of unbranched alkanes of at least 4 members (excludes halogenated alkanes) is 2. The van der Waals surface area contributed by atoms with E-state index in [-0.39, 0.29) is 0 Å². The van der Waals surface area contributed by atoms with E-state index in [9.17, 15) is 8.78 Å². The second-order valence-electron chi connectivity index (χ2n) is 8.10. The van der Waals surface area contributed by atoms with Crippen molar-refractivity contribution in [2.75, 3.05) is 39.5 Å². The van der Waals surface area contributed by atoms with Crippen LogP contribution < -0.4 is 4.74 Å².